The van der Waals surface area contributed by atoms with Crippen LogP contribution < -0.4 is 27.2 Å². The number of nitrogens with two attached hydrogens (primary N) is 1. The molecule has 1 aromatic carbocycles. The summed E-state index contributed by atoms with van der Waals surface area (Å²) < 4.78 is 0. The quantitative estimate of drug-likeness (QED) is 0.261. The van der Waals surface area contributed by atoms with E-state index in [2.05, 4.69) is 30.9 Å². The highest BCUT2D eigenvalue weighted by Crippen LogP contribution is 2.22. The molecule has 0 radical (unpaired) electrons. The second kappa shape index (κ2) is 10.3. The number of fused-ring (bicyclic) bond motifs is 1. The van der Waals surface area contributed by atoms with Crippen molar-refractivity contribution in [1.82, 2.24) is 15.3 Å². The third kappa shape index (κ3) is 6.29. The molecule has 174 valence electrons. The number of amides is 1. The van der Waals surface area contributed by atoms with Crippen LogP contribution in [0.4, 0.5) is 23.1 Å². The van der Waals surface area contributed by atoms with E-state index >= 15 is 0 Å². The van der Waals surface area contributed by atoms with Gasteiger partial charge in [0.1, 0.15) is 6.04 Å². The number of benzene rings is 1. The summed E-state index contributed by atoms with van der Waals surface area (Å²) in [6.07, 6.45) is -0.0393. The van der Waals surface area contributed by atoms with E-state index in [-0.39, 0.29) is 30.0 Å². The molecule has 0 saturated heterocycles. The van der Waals surface area contributed by atoms with E-state index in [1.807, 2.05) is 0 Å². The Balaban J connectivity index is 1.53. The first-order valence-corrected chi connectivity index (χ1v) is 10.0. The molecule has 1 atom stereocenters. The summed E-state index contributed by atoms with van der Waals surface area (Å²) in [6, 6.07) is 5.09. The maximum absolute atomic E-state index is 12.3. The number of nitrogen functional groups attached to an aromatic ring is 1. The minimum Gasteiger partial charge on any atom is -0.481 e. The summed E-state index contributed by atoms with van der Waals surface area (Å²) in [7, 11) is 0. The normalized spacial score (nSPS) is 13.2. The maximum atomic E-state index is 12.3. The van der Waals surface area contributed by atoms with Crippen molar-refractivity contribution in [3.8, 4) is 0 Å². The zero-order chi connectivity index (χ0) is 24.0. The Morgan fingerprint density at radius 1 is 1.18 bits per heavy atom. The lowest BCUT2D eigenvalue weighted by Gasteiger charge is -2.17. The third-order valence-electron chi connectivity index (χ3n) is 4.78. The maximum Gasteiger partial charge on any atom is 0.326 e. The largest absolute Gasteiger partial charge is 0.481 e. The van der Waals surface area contributed by atoms with Crippen LogP contribution in [0.15, 0.2) is 34.1 Å². The van der Waals surface area contributed by atoms with Crippen molar-refractivity contribution in [3.05, 3.63) is 40.2 Å². The Morgan fingerprint density at radius 2 is 1.91 bits per heavy atom. The van der Waals surface area contributed by atoms with Crippen LogP contribution in [0.3, 0.4) is 0 Å². The Morgan fingerprint density at radius 3 is 2.58 bits per heavy atom. The van der Waals surface area contributed by atoms with E-state index in [9.17, 15) is 19.2 Å². The van der Waals surface area contributed by atoms with Gasteiger partial charge in [0, 0.05) is 36.3 Å². The molecular formula is C20H23N7O6. The highest BCUT2D eigenvalue weighted by molar-refractivity contribution is 5.97. The number of hydrogen-bond acceptors (Lipinski definition) is 9. The van der Waals surface area contributed by atoms with Gasteiger partial charge in [-0.2, -0.15) is 4.98 Å². The number of nitrogens with one attached hydrogen (secondary N) is 4. The van der Waals surface area contributed by atoms with Crippen molar-refractivity contribution >= 4 is 46.7 Å². The fourth-order valence-electron chi connectivity index (χ4n) is 3.10. The SMILES string of the molecule is Nc1nc2c(c(=O)[nH]1)N=C(CCNc1ccc(C(=O)N[C@@H](CCC(=O)O)C(=O)O)cc1)CN2. The van der Waals surface area contributed by atoms with E-state index in [0.717, 1.165) is 11.4 Å². The third-order valence-corrected chi connectivity index (χ3v) is 4.78. The van der Waals surface area contributed by atoms with Gasteiger partial charge < -0.3 is 31.9 Å². The first-order chi connectivity index (χ1) is 15.7. The van der Waals surface area contributed by atoms with E-state index in [1.54, 1.807) is 12.1 Å². The van der Waals surface area contributed by atoms with Crippen LogP contribution in [0.25, 0.3) is 0 Å². The first kappa shape index (κ1) is 23.2. The summed E-state index contributed by atoms with van der Waals surface area (Å²) in [4.78, 5) is 56.8. The molecule has 8 N–H and O–H groups in total. The Kier molecular flexibility index (Phi) is 7.23. The van der Waals surface area contributed by atoms with Crippen molar-refractivity contribution in [2.24, 2.45) is 4.99 Å². The highest BCUT2D eigenvalue weighted by Gasteiger charge is 2.21. The van der Waals surface area contributed by atoms with Gasteiger partial charge in [0.15, 0.2) is 11.5 Å². The smallest absolute Gasteiger partial charge is 0.326 e. The van der Waals surface area contributed by atoms with Gasteiger partial charge >= 0.3 is 11.9 Å². The van der Waals surface area contributed by atoms with Crippen LogP contribution in [0.5, 0.6) is 0 Å². The van der Waals surface area contributed by atoms with Crippen molar-refractivity contribution < 1.29 is 24.6 Å². The standard InChI is InChI=1S/C20H23N7O6/c21-20-26-16-15(18(31)27-20)24-12(9-23-16)7-8-22-11-3-1-10(2-4-11)17(30)25-13(19(32)33)5-6-14(28)29/h1-4,13,22H,5-9H2,(H,25,30)(H,28,29)(H,32,33)(H4,21,23,26,27,31)/t13-/m0/s1. The molecule has 13 heteroatoms. The summed E-state index contributed by atoms with van der Waals surface area (Å²) in [5.74, 6) is -2.69. The fraction of sp³-hybridized carbons (Fsp3) is 0.300. The summed E-state index contributed by atoms with van der Waals surface area (Å²) in [6.45, 7) is 0.939. The zero-order valence-corrected chi connectivity index (χ0v) is 17.4. The zero-order valence-electron chi connectivity index (χ0n) is 17.4. The molecule has 3 rings (SSSR count). The lowest BCUT2D eigenvalue weighted by molar-refractivity contribution is -0.140. The van der Waals surface area contributed by atoms with Crippen LogP contribution in [0, 0.1) is 0 Å². The van der Waals surface area contributed by atoms with Crippen LogP contribution in [-0.2, 0) is 9.59 Å². The van der Waals surface area contributed by atoms with Crippen molar-refractivity contribution in [1.29, 1.82) is 0 Å². The molecule has 1 aliphatic heterocycles. The second-order valence-electron chi connectivity index (χ2n) is 7.23. The average Bonchev–Trinajstić information content (AvgIpc) is 2.77. The van der Waals surface area contributed by atoms with Crippen molar-refractivity contribution in [2.45, 2.75) is 25.3 Å². The number of carboxylic acid groups (broad SMARTS) is 2. The van der Waals surface area contributed by atoms with Gasteiger partial charge in [0.25, 0.3) is 11.5 Å². The number of carbonyl (C=O) groups excluding carboxylic acids is 1. The number of aliphatic imine (C=N–C) groups is 1. The van der Waals surface area contributed by atoms with Crippen LogP contribution in [0.1, 0.15) is 29.6 Å². The molecule has 2 heterocycles. The monoisotopic (exact) mass is 457 g/mol. The number of carboxylic acids is 2. The molecule has 0 fully saturated rings. The van der Waals surface area contributed by atoms with Crippen LogP contribution >= 0.6 is 0 Å². The molecule has 0 saturated carbocycles. The van der Waals surface area contributed by atoms with E-state index < -0.39 is 29.4 Å². The van der Waals surface area contributed by atoms with E-state index in [4.69, 9.17) is 15.9 Å². The Hall–Kier alpha value is -4.42. The lowest BCUT2D eigenvalue weighted by atomic mass is 10.1. The summed E-state index contributed by atoms with van der Waals surface area (Å²) in [5.41, 5.74) is 7.00. The molecule has 0 spiro atoms. The first-order valence-electron chi connectivity index (χ1n) is 10.0. The molecule has 13 nitrogen and oxygen atoms in total. The molecule has 0 unspecified atom stereocenters. The minimum atomic E-state index is -1.30. The van der Waals surface area contributed by atoms with E-state index in [1.165, 1.54) is 12.1 Å². The number of hydrogen-bond donors (Lipinski definition) is 7. The molecule has 0 bridgehead atoms. The number of anilines is 3. The fourth-order valence-corrected chi connectivity index (χ4v) is 3.10. The number of aliphatic carboxylic acids is 2. The van der Waals surface area contributed by atoms with E-state index in [0.29, 0.717) is 25.3 Å². The molecule has 33 heavy (non-hydrogen) atoms. The predicted molar refractivity (Wildman–Crippen MR) is 120 cm³/mol. The molecular weight excluding hydrogens is 434 g/mol. The van der Waals surface area contributed by atoms with Crippen molar-refractivity contribution in [2.75, 3.05) is 29.5 Å². The predicted octanol–water partition coefficient (Wildman–Crippen LogP) is 0.400. The number of H-pyrrole nitrogens is 1. The van der Waals surface area contributed by atoms with Gasteiger partial charge in [-0.3, -0.25) is 19.4 Å². The number of rotatable bonds is 10. The molecule has 0 aliphatic carbocycles. The summed E-state index contributed by atoms with van der Waals surface area (Å²) in [5, 5.41) is 26.4. The number of aromatic nitrogens is 2. The topological polar surface area (TPSA) is 212 Å². The van der Waals surface area contributed by atoms with Gasteiger partial charge in [-0.1, -0.05) is 0 Å². The molecule has 1 aliphatic rings. The van der Waals surface area contributed by atoms with Crippen LogP contribution in [-0.4, -0.2) is 62.9 Å². The van der Waals surface area contributed by atoms with Gasteiger partial charge in [-0.15, -0.1) is 0 Å². The minimum absolute atomic E-state index is 0.0161. The number of aromatic amines is 1. The van der Waals surface area contributed by atoms with Gasteiger partial charge in [-0.05, 0) is 30.7 Å². The van der Waals surface area contributed by atoms with Gasteiger partial charge in [-0.25, -0.2) is 9.79 Å². The molecule has 1 amide bonds. The Bertz CT molecular complexity index is 1140. The number of carbonyl (C=O) groups is 3. The Labute approximate surface area is 187 Å². The van der Waals surface area contributed by atoms with Gasteiger partial charge in [0.2, 0.25) is 5.95 Å². The number of nitrogens with zero attached hydrogens (tertiary/aromatic N) is 2. The molecule has 1 aromatic heterocycles. The lowest BCUT2D eigenvalue weighted by Crippen LogP contribution is -2.41. The van der Waals surface area contributed by atoms with Crippen molar-refractivity contribution in [3.63, 3.8) is 0 Å². The molecule has 2 aromatic rings. The van der Waals surface area contributed by atoms with Crippen LogP contribution in [0.2, 0.25) is 0 Å². The highest BCUT2D eigenvalue weighted by atomic mass is 16.4. The summed E-state index contributed by atoms with van der Waals surface area (Å²) >= 11 is 0. The average molecular weight is 457 g/mol. The second-order valence-corrected chi connectivity index (χ2v) is 7.23. The van der Waals surface area contributed by atoms with Gasteiger partial charge in [0.05, 0.1) is 6.54 Å².